The van der Waals surface area contributed by atoms with Gasteiger partial charge >= 0.3 is 6.03 Å². The van der Waals surface area contributed by atoms with Crippen molar-refractivity contribution in [2.45, 2.75) is 31.2 Å². The third-order valence-corrected chi connectivity index (χ3v) is 6.41. The molecular formula is C20H26N4O4S. The topological polar surface area (TPSA) is 122 Å². The molecule has 0 aliphatic rings. The Labute approximate surface area is 171 Å². The molecule has 1 unspecified atom stereocenters. The number of carbonyl (C=O) groups excluding carboxylic acids is 2. The maximum absolute atomic E-state index is 12.7. The number of benzene rings is 2. The average Bonchev–Trinajstić information content (AvgIpc) is 2.69. The highest BCUT2D eigenvalue weighted by Crippen LogP contribution is 2.20. The van der Waals surface area contributed by atoms with E-state index in [4.69, 9.17) is 5.73 Å². The average molecular weight is 419 g/mol. The summed E-state index contributed by atoms with van der Waals surface area (Å²) in [6.07, 6.45) is 0.243. The Balaban J connectivity index is 2.22. The van der Waals surface area contributed by atoms with Gasteiger partial charge in [-0.1, -0.05) is 50.2 Å². The molecule has 0 fully saturated rings. The fourth-order valence-corrected chi connectivity index (χ4v) is 4.41. The minimum atomic E-state index is -3.65. The molecule has 0 bridgehead atoms. The molecule has 0 aliphatic carbocycles. The zero-order valence-electron chi connectivity index (χ0n) is 16.5. The van der Waals surface area contributed by atoms with Gasteiger partial charge in [-0.25, -0.2) is 13.2 Å². The number of urea groups is 1. The summed E-state index contributed by atoms with van der Waals surface area (Å²) in [6.45, 7) is 4.21. The third-order valence-electron chi connectivity index (χ3n) is 4.36. The smallest absolute Gasteiger partial charge is 0.312 e. The second-order valence-electron chi connectivity index (χ2n) is 6.36. The zero-order valence-corrected chi connectivity index (χ0v) is 17.3. The molecule has 0 saturated heterocycles. The van der Waals surface area contributed by atoms with Crippen molar-refractivity contribution in [1.29, 1.82) is 0 Å². The van der Waals surface area contributed by atoms with Crippen LogP contribution < -0.4 is 16.4 Å². The number of hydrogen-bond donors (Lipinski definition) is 3. The Morgan fingerprint density at radius 3 is 2.28 bits per heavy atom. The number of nitrogens with two attached hydrogens (primary N) is 1. The molecule has 0 heterocycles. The lowest BCUT2D eigenvalue weighted by molar-refractivity contribution is -0.117. The molecule has 0 radical (unpaired) electrons. The predicted octanol–water partition coefficient (Wildman–Crippen LogP) is 1.94. The highest BCUT2D eigenvalue weighted by molar-refractivity contribution is 7.89. The summed E-state index contributed by atoms with van der Waals surface area (Å²) in [7, 11) is -3.65. The van der Waals surface area contributed by atoms with E-state index < -0.39 is 28.0 Å². The standard InChI is InChI=1S/C20H26N4O4S/c1-3-24(4-2)29(27,28)17-12-8-11-16(14-17)22-19(25)18(23-20(21)26)13-15-9-6-5-7-10-15/h5-12,14,18H,3-4,13H2,1-2H3,(H,22,25)(H3,21,23,26). The Bertz CT molecular complexity index is 944. The van der Waals surface area contributed by atoms with Crippen LogP contribution in [0.2, 0.25) is 0 Å². The highest BCUT2D eigenvalue weighted by Gasteiger charge is 2.23. The van der Waals surface area contributed by atoms with Crippen molar-refractivity contribution >= 4 is 27.6 Å². The van der Waals surface area contributed by atoms with Crippen molar-refractivity contribution in [1.82, 2.24) is 9.62 Å². The quantitative estimate of drug-likeness (QED) is 0.576. The fraction of sp³-hybridized carbons (Fsp3) is 0.300. The molecule has 9 heteroatoms. The molecule has 29 heavy (non-hydrogen) atoms. The van der Waals surface area contributed by atoms with E-state index in [1.165, 1.54) is 16.4 Å². The van der Waals surface area contributed by atoms with Gasteiger partial charge < -0.3 is 16.4 Å². The first-order chi connectivity index (χ1) is 13.8. The van der Waals surface area contributed by atoms with Gasteiger partial charge in [0.25, 0.3) is 0 Å². The zero-order chi connectivity index (χ0) is 21.4. The number of nitrogens with zero attached hydrogens (tertiary/aromatic N) is 1. The van der Waals surface area contributed by atoms with Gasteiger partial charge in [0.1, 0.15) is 6.04 Å². The summed E-state index contributed by atoms with van der Waals surface area (Å²) >= 11 is 0. The molecule has 0 saturated carbocycles. The van der Waals surface area contributed by atoms with Crippen molar-refractivity contribution in [3.05, 3.63) is 60.2 Å². The van der Waals surface area contributed by atoms with Gasteiger partial charge in [-0.3, -0.25) is 4.79 Å². The minimum absolute atomic E-state index is 0.0847. The number of nitrogens with one attached hydrogen (secondary N) is 2. The van der Waals surface area contributed by atoms with E-state index in [1.54, 1.807) is 26.0 Å². The molecule has 156 valence electrons. The Kier molecular flexibility index (Phi) is 7.74. The van der Waals surface area contributed by atoms with Gasteiger partial charge in [0.15, 0.2) is 0 Å². The van der Waals surface area contributed by atoms with Crippen LogP contribution in [-0.4, -0.2) is 43.8 Å². The normalized spacial score (nSPS) is 12.4. The summed E-state index contributed by atoms with van der Waals surface area (Å²) < 4.78 is 26.7. The molecule has 0 spiro atoms. The molecule has 2 rings (SSSR count). The lowest BCUT2D eigenvalue weighted by atomic mass is 10.1. The molecule has 2 aromatic carbocycles. The van der Waals surface area contributed by atoms with Gasteiger partial charge in [-0.2, -0.15) is 4.31 Å². The van der Waals surface area contributed by atoms with Gasteiger partial charge in [0.05, 0.1) is 4.90 Å². The lowest BCUT2D eigenvalue weighted by Crippen LogP contribution is -2.47. The van der Waals surface area contributed by atoms with E-state index in [9.17, 15) is 18.0 Å². The van der Waals surface area contributed by atoms with Crippen molar-refractivity contribution < 1.29 is 18.0 Å². The molecule has 8 nitrogen and oxygen atoms in total. The van der Waals surface area contributed by atoms with E-state index in [0.717, 1.165) is 5.56 Å². The first kappa shape index (κ1) is 22.4. The van der Waals surface area contributed by atoms with Crippen molar-refractivity contribution in [3.8, 4) is 0 Å². The number of anilines is 1. The SMILES string of the molecule is CCN(CC)S(=O)(=O)c1cccc(NC(=O)C(Cc2ccccc2)NC(N)=O)c1. The van der Waals surface area contributed by atoms with Crippen LogP contribution in [0.4, 0.5) is 10.5 Å². The van der Waals surface area contributed by atoms with Gasteiger partial charge in [-0.05, 0) is 23.8 Å². The maximum atomic E-state index is 12.7. The number of rotatable bonds is 9. The van der Waals surface area contributed by atoms with E-state index in [2.05, 4.69) is 10.6 Å². The van der Waals surface area contributed by atoms with Gasteiger partial charge in [0.2, 0.25) is 15.9 Å². The first-order valence-electron chi connectivity index (χ1n) is 9.28. The van der Waals surface area contributed by atoms with Crippen molar-refractivity contribution in [3.63, 3.8) is 0 Å². The predicted molar refractivity (Wildman–Crippen MR) is 112 cm³/mol. The maximum Gasteiger partial charge on any atom is 0.312 e. The first-order valence-corrected chi connectivity index (χ1v) is 10.7. The molecule has 0 aromatic heterocycles. The Hall–Kier alpha value is -2.91. The molecule has 1 atom stereocenters. The molecule has 2 aromatic rings. The van der Waals surface area contributed by atoms with Crippen LogP contribution >= 0.6 is 0 Å². The second-order valence-corrected chi connectivity index (χ2v) is 8.30. The van der Waals surface area contributed by atoms with Crippen LogP contribution in [0.25, 0.3) is 0 Å². The second kappa shape index (κ2) is 10.0. The van der Waals surface area contributed by atoms with Crippen LogP contribution in [0, 0.1) is 0 Å². The van der Waals surface area contributed by atoms with Crippen LogP contribution in [0.1, 0.15) is 19.4 Å². The number of hydrogen-bond acceptors (Lipinski definition) is 4. The van der Waals surface area contributed by atoms with Crippen molar-refractivity contribution in [2.75, 3.05) is 18.4 Å². The van der Waals surface area contributed by atoms with Crippen LogP contribution in [0.3, 0.4) is 0 Å². The van der Waals surface area contributed by atoms with E-state index in [-0.39, 0.29) is 11.3 Å². The van der Waals surface area contributed by atoms with Crippen LogP contribution in [0.15, 0.2) is 59.5 Å². The Morgan fingerprint density at radius 1 is 1.03 bits per heavy atom. The van der Waals surface area contributed by atoms with Gasteiger partial charge in [-0.15, -0.1) is 0 Å². The molecular weight excluding hydrogens is 392 g/mol. The van der Waals surface area contributed by atoms with Gasteiger partial charge in [0, 0.05) is 25.2 Å². The monoisotopic (exact) mass is 418 g/mol. The fourth-order valence-electron chi connectivity index (χ4n) is 2.91. The van der Waals surface area contributed by atoms with Crippen LogP contribution in [-0.2, 0) is 21.2 Å². The summed E-state index contributed by atoms with van der Waals surface area (Å²) in [5, 5.41) is 5.09. The minimum Gasteiger partial charge on any atom is -0.352 e. The molecule has 3 amide bonds. The lowest BCUT2D eigenvalue weighted by Gasteiger charge is -2.20. The summed E-state index contributed by atoms with van der Waals surface area (Å²) in [5.41, 5.74) is 6.37. The number of carbonyl (C=O) groups is 2. The third kappa shape index (κ3) is 6.03. The number of amides is 3. The summed E-state index contributed by atoms with van der Waals surface area (Å²) in [6, 6.07) is 13.5. The largest absolute Gasteiger partial charge is 0.352 e. The highest BCUT2D eigenvalue weighted by atomic mass is 32.2. The van der Waals surface area contributed by atoms with Crippen molar-refractivity contribution in [2.24, 2.45) is 5.73 Å². The molecule has 0 aliphatic heterocycles. The molecule has 4 N–H and O–H groups in total. The number of sulfonamides is 1. The van der Waals surface area contributed by atoms with E-state index in [0.29, 0.717) is 18.8 Å². The number of primary amides is 1. The van der Waals surface area contributed by atoms with E-state index in [1.807, 2.05) is 30.3 Å². The summed E-state index contributed by atoms with van der Waals surface area (Å²) in [4.78, 5) is 24.1. The Morgan fingerprint density at radius 2 is 1.69 bits per heavy atom. The van der Waals surface area contributed by atoms with Crippen LogP contribution in [0.5, 0.6) is 0 Å². The van der Waals surface area contributed by atoms with E-state index >= 15 is 0 Å². The summed E-state index contributed by atoms with van der Waals surface area (Å²) in [5.74, 6) is -0.495.